The van der Waals surface area contributed by atoms with Gasteiger partial charge in [0.25, 0.3) is 0 Å². The zero-order chi connectivity index (χ0) is 8.16. The van der Waals surface area contributed by atoms with Crippen LogP contribution < -0.4 is 5.32 Å². The summed E-state index contributed by atoms with van der Waals surface area (Å²) in [5, 5.41) is 3.46. The number of rotatable bonds is 4. The van der Waals surface area contributed by atoms with Crippen LogP contribution >= 0.6 is 0 Å². The molecule has 0 aromatic heterocycles. The Morgan fingerprint density at radius 3 is 3.09 bits per heavy atom. The average molecular weight is 155 g/mol. The van der Waals surface area contributed by atoms with Crippen molar-refractivity contribution in [1.29, 1.82) is 0 Å². The summed E-state index contributed by atoms with van der Waals surface area (Å²) >= 11 is 0. The monoisotopic (exact) mass is 155 g/mol. The highest BCUT2D eigenvalue weighted by atomic mass is 16.5. The molecular weight excluding hydrogens is 138 g/mol. The van der Waals surface area contributed by atoms with E-state index in [-0.39, 0.29) is 5.54 Å². The lowest BCUT2D eigenvalue weighted by Crippen LogP contribution is -2.43. The molecule has 1 rings (SSSR count). The van der Waals surface area contributed by atoms with Gasteiger partial charge in [0.2, 0.25) is 0 Å². The van der Waals surface area contributed by atoms with Gasteiger partial charge in [0.05, 0.1) is 6.61 Å². The Hall–Kier alpha value is -0.340. The van der Waals surface area contributed by atoms with Crippen molar-refractivity contribution in [2.24, 2.45) is 0 Å². The van der Waals surface area contributed by atoms with Crippen LogP contribution in [0, 0.1) is 0 Å². The van der Waals surface area contributed by atoms with Crippen molar-refractivity contribution in [3.63, 3.8) is 0 Å². The van der Waals surface area contributed by atoms with Gasteiger partial charge in [0.15, 0.2) is 0 Å². The van der Waals surface area contributed by atoms with Gasteiger partial charge >= 0.3 is 0 Å². The Labute approximate surface area is 68.6 Å². The summed E-state index contributed by atoms with van der Waals surface area (Å²) in [7, 11) is 0. The van der Waals surface area contributed by atoms with Gasteiger partial charge in [-0.2, -0.15) is 0 Å². The van der Waals surface area contributed by atoms with Crippen molar-refractivity contribution in [3.8, 4) is 0 Å². The Bertz CT molecular complexity index is 128. The maximum Gasteiger partial charge on any atom is 0.0646 e. The fourth-order valence-corrected chi connectivity index (χ4v) is 1.28. The van der Waals surface area contributed by atoms with E-state index >= 15 is 0 Å². The fraction of sp³-hybridized carbons (Fsp3) is 0.778. The molecule has 2 heteroatoms. The van der Waals surface area contributed by atoms with Crippen LogP contribution in [0.15, 0.2) is 12.7 Å². The zero-order valence-electron chi connectivity index (χ0n) is 7.23. The molecule has 64 valence electrons. The van der Waals surface area contributed by atoms with Crippen LogP contribution in [0.4, 0.5) is 0 Å². The van der Waals surface area contributed by atoms with Gasteiger partial charge in [-0.25, -0.2) is 0 Å². The Balaban J connectivity index is 2.17. The standard InChI is InChI=1S/C9H17NO/c1-3-4-6-10-9(2)5-7-11-8-9/h3,10H,1,4-8H2,2H3. The Morgan fingerprint density at radius 1 is 1.73 bits per heavy atom. The van der Waals surface area contributed by atoms with Crippen molar-refractivity contribution in [2.45, 2.75) is 25.3 Å². The predicted molar refractivity (Wildman–Crippen MR) is 46.7 cm³/mol. The zero-order valence-corrected chi connectivity index (χ0v) is 7.23. The second-order valence-corrected chi connectivity index (χ2v) is 3.37. The molecule has 1 aliphatic rings. The minimum absolute atomic E-state index is 0.225. The smallest absolute Gasteiger partial charge is 0.0646 e. The van der Waals surface area contributed by atoms with E-state index in [0.717, 1.165) is 32.6 Å². The first-order chi connectivity index (χ1) is 5.27. The third kappa shape index (κ3) is 2.64. The van der Waals surface area contributed by atoms with E-state index in [9.17, 15) is 0 Å². The van der Waals surface area contributed by atoms with Crippen LogP contribution in [0.25, 0.3) is 0 Å². The summed E-state index contributed by atoms with van der Waals surface area (Å²) in [6.45, 7) is 8.66. The average Bonchev–Trinajstić information content (AvgIpc) is 2.38. The highest BCUT2D eigenvalue weighted by Crippen LogP contribution is 2.16. The molecule has 0 saturated carbocycles. The summed E-state index contributed by atoms with van der Waals surface area (Å²) in [6, 6.07) is 0. The SMILES string of the molecule is C=CCCNC1(C)CCOC1. The molecule has 0 bridgehead atoms. The van der Waals surface area contributed by atoms with E-state index in [1.54, 1.807) is 0 Å². The fourth-order valence-electron chi connectivity index (χ4n) is 1.28. The van der Waals surface area contributed by atoms with Gasteiger partial charge < -0.3 is 10.1 Å². The third-order valence-corrected chi connectivity index (χ3v) is 2.12. The van der Waals surface area contributed by atoms with Crippen LogP contribution in [-0.2, 0) is 4.74 Å². The molecular formula is C9H17NO. The van der Waals surface area contributed by atoms with Gasteiger partial charge in [0, 0.05) is 12.1 Å². The van der Waals surface area contributed by atoms with E-state index < -0.39 is 0 Å². The van der Waals surface area contributed by atoms with E-state index in [4.69, 9.17) is 4.74 Å². The van der Waals surface area contributed by atoms with Gasteiger partial charge in [-0.05, 0) is 26.3 Å². The third-order valence-electron chi connectivity index (χ3n) is 2.12. The highest BCUT2D eigenvalue weighted by molar-refractivity contribution is 4.87. The second-order valence-electron chi connectivity index (χ2n) is 3.37. The number of hydrogen-bond donors (Lipinski definition) is 1. The molecule has 0 aliphatic carbocycles. The quantitative estimate of drug-likeness (QED) is 0.488. The van der Waals surface area contributed by atoms with E-state index in [1.165, 1.54) is 0 Å². The summed E-state index contributed by atoms with van der Waals surface area (Å²) in [6.07, 6.45) is 4.10. The predicted octanol–water partition coefficient (Wildman–Crippen LogP) is 1.33. The Kier molecular flexibility index (Phi) is 3.09. The van der Waals surface area contributed by atoms with Gasteiger partial charge in [0.1, 0.15) is 0 Å². The van der Waals surface area contributed by atoms with Crippen molar-refractivity contribution in [2.75, 3.05) is 19.8 Å². The summed E-state index contributed by atoms with van der Waals surface area (Å²) in [5.41, 5.74) is 0.225. The van der Waals surface area contributed by atoms with E-state index in [1.807, 2.05) is 6.08 Å². The molecule has 0 aromatic rings. The van der Waals surface area contributed by atoms with Gasteiger partial charge in [-0.15, -0.1) is 6.58 Å². The second kappa shape index (κ2) is 3.88. The number of hydrogen-bond acceptors (Lipinski definition) is 2. The summed E-state index contributed by atoms with van der Waals surface area (Å²) in [4.78, 5) is 0. The minimum Gasteiger partial charge on any atom is -0.379 e. The summed E-state index contributed by atoms with van der Waals surface area (Å²) < 4.78 is 5.30. The van der Waals surface area contributed by atoms with Crippen molar-refractivity contribution in [3.05, 3.63) is 12.7 Å². The molecule has 0 radical (unpaired) electrons. The van der Waals surface area contributed by atoms with Crippen LogP contribution in [-0.4, -0.2) is 25.3 Å². The van der Waals surface area contributed by atoms with Gasteiger partial charge in [-0.1, -0.05) is 6.08 Å². The van der Waals surface area contributed by atoms with Crippen LogP contribution in [0.5, 0.6) is 0 Å². The van der Waals surface area contributed by atoms with Crippen molar-refractivity contribution < 1.29 is 4.74 Å². The molecule has 1 fully saturated rings. The molecule has 1 N–H and O–H groups in total. The van der Waals surface area contributed by atoms with Crippen LogP contribution in [0.3, 0.4) is 0 Å². The molecule has 11 heavy (non-hydrogen) atoms. The maximum atomic E-state index is 5.30. The molecule has 1 heterocycles. The maximum absolute atomic E-state index is 5.30. The molecule has 1 aliphatic heterocycles. The first-order valence-corrected chi connectivity index (χ1v) is 4.20. The first-order valence-electron chi connectivity index (χ1n) is 4.20. The first kappa shape index (κ1) is 8.75. The number of ether oxygens (including phenoxy) is 1. The highest BCUT2D eigenvalue weighted by Gasteiger charge is 2.28. The van der Waals surface area contributed by atoms with Crippen LogP contribution in [0.2, 0.25) is 0 Å². The van der Waals surface area contributed by atoms with Crippen molar-refractivity contribution >= 4 is 0 Å². The minimum atomic E-state index is 0.225. The van der Waals surface area contributed by atoms with Crippen LogP contribution in [0.1, 0.15) is 19.8 Å². The molecule has 1 saturated heterocycles. The topological polar surface area (TPSA) is 21.3 Å². The van der Waals surface area contributed by atoms with E-state index in [0.29, 0.717) is 0 Å². The lowest BCUT2D eigenvalue weighted by atomic mass is 10.0. The lowest BCUT2D eigenvalue weighted by molar-refractivity contribution is 0.172. The molecule has 0 spiro atoms. The summed E-state index contributed by atoms with van der Waals surface area (Å²) in [5.74, 6) is 0. The largest absolute Gasteiger partial charge is 0.379 e. The molecule has 0 aromatic carbocycles. The molecule has 1 unspecified atom stereocenters. The molecule has 2 nitrogen and oxygen atoms in total. The van der Waals surface area contributed by atoms with Gasteiger partial charge in [-0.3, -0.25) is 0 Å². The van der Waals surface area contributed by atoms with E-state index in [2.05, 4.69) is 18.8 Å². The molecule has 0 amide bonds. The normalized spacial score (nSPS) is 30.6. The number of nitrogens with one attached hydrogen (secondary N) is 1. The van der Waals surface area contributed by atoms with Crippen molar-refractivity contribution in [1.82, 2.24) is 5.32 Å². The molecule has 1 atom stereocenters. The Morgan fingerprint density at radius 2 is 2.55 bits per heavy atom. The lowest BCUT2D eigenvalue weighted by Gasteiger charge is -2.22.